The molecule has 0 aliphatic carbocycles. The molecule has 112 valence electrons. The van der Waals surface area contributed by atoms with Crippen molar-refractivity contribution >= 4 is 5.97 Å². The zero-order valence-electron chi connectivity index (χ0n) is 12.9. The normalized spacial score (nSPS) is 18.8. The molecule has 0 spiro atoms. The van der Waals surface area contributed by atoms with Crippen LogP contribution in [0.4, 0.5) is 0 Å². The van der Waals surface area contributed by atoms with Crippen LogP contribution in [0, 0.1) is 11.8 Å². The van der Waals surface area contributed by atoms with Gasteiger partial charge in [-0.05, 0) is 37.6 Å². The van der Waals surface area contributed by atoms with E-state index < -0.39 is 11.5 Å². The third-order valence-electron chi connectivity index (χ3n) is 3.84. The molecule has 1 saturated heterocycles. The van der Waals surface area contributed by atoms with Crippen molar-refractivity contribution in [3.05, 3.63) is 0 Å². The van der Waals surface area contributed by atoms with Gasteiger partial charge >= 0.3 is 5.97 Å². The molecule has 0 saturated carbocycles. The molecule has 1 rings (SSSR count). The minimum absolute atomic E-state index is 0.395. The van der Waals surface area contributed by atoms with E-state index in [9.17, 15) is 9.90 Å². The van der Waals surface area contributed by atoms with Crippen LogP contribution in [0.5, 0.6) is 0 Å². The lowest BCUT2D eigenvalue weighted by atomic mass is 9.80. The minimum Gasteiger partial charge on any atom is -0.480 e. The highest BCUT2D eigenvalue weighted by molar-refractivity contribution is 5.79. The minimum atomic E-state index is -0.686. The van der Waals surface area contributed by atoms with Gasteiger partial charge in [0.15, 0.2) is 0 Å². The molecule has 2 N–H and O–H groups in total. The summed E-state index contributed by atoms with van der Waals surface area (Å²) >= 11 is 0. The van der Waals surface area contributed by atoms with Crippen molar-refractivity contribution < 1.29 is 9.90 Å². The molecule has 0 atom stereocenters. The molecule has 0 aromatic rings. The van der Waals surface area contributed by atoms with E-state index in [0.717, 1.165) is 45.4 Å². The van der Waals surface area contributed by atoms with Gasteiger partial charge in [0.2, 0.25) is 0 Å². The lowest BCUT2D eigenvalue weighted by Gasteiger charge is -2.42. The van der Waals surface area contributed by atoms with Crippen LogP contribution in [-0.4, -0.2) is 47.7 Å². The van der Waals surface area contributed by atoms with Crippen molar-refractivity contribution in [3.63, 3.8) is 0 Å². The van der Waals surface area contributed by atoms with E-state index >= 15 is 0 Å². The van der Waals surface area contributed by atoms with Gasteiger partial charge in [-0.25, -0.2) is 0 Å². The Morgan fingerprint density at radius 2 is 1.74 bits per heavy atom. The quantitative estimate of drug-likeness (QED) is 0.777. The van der Waals surface area contributed by atoms with Crippen LogP contribution in [0.15, 0.2) is 0 Å². The molecule has 0 bridgehead atoms. The molecule has 1 fully saturated rings. The van der Waals surface area contributed by atoms with Gasteiger partial charge in [0.05, 0.1) is 0 Å². The van der Waals surface area contributed by atoms with Crippen molar-refractivity contribution in [2.45, 2.75) is 52.5 Å². The van der Waals surface area contributed by atoms with Crippen molar-refractivity contribution in [2.75, 3.05) is 26.2 Å². The van der Waals surface area contributed by atoms with E-state index in [4.69, 9.17) is 0 Å². The molecule has 4 nitrogen and oxygen atoms in total. The van der Waals surface area contributed by atoms with Gasteiger partial charge < -0.3 is 10.4 Å². The number of nitrogens with zero attached hydrogens (tertiary/aromatic N) is 1. The summed E-state index contributed by atoms with van der Waals surface area (Å²) in [6.07, 6.45) is 2.51. The molecule has 0 amide bonds. The number of hydrogen-bond donors (Lipinski definition) is 2. The van der Waals surface area contributed by atoms with Gasteiger partial charge in [-0.1, -0.05) is 27.7 Å². The first-order valence-electron chi connectivity index (χ1n) is 7.57. The molecule has 1 aliphatic heterocycles. The zero-order valence-corrected chi connectivity index (χ0v) is 12.9. The molecular formula is C15H30N2O2. The van der Waals surface area contributed by atoms with Crippen LogP contribution in [0.3, 0.4) is 0 Å². The fraction of sp³-hybridized carbons (Fsp3) is 0.933. The molecule has 1 aliphatic rings. The molecule has 1 heterocycles. The molecule has 0 aromatic heterocycles. The predicted octanol–water partition coefficient (Wildman–Crippen LogP) is 2.20. The number of rotatable bonds is 6. The predicted molar refractivity (Wildman–Crippen MR) is 78.3 cm³/mol. The van der Waals surface area contributed by atoms with E-state index in [1.807, 2.05) is 0 Å². The van der Waals surface area contributed by atoms with Gasteiger partial charge in [-0.3, -0.25) is 9.69 Å². The second-order valence-corrected chi connectivity index (χ2v) is 6.62. The van der Waals surface area contributed by atoms with Gasteiger partial charge in [0.25, 0.3) is 0 Å². The largest absolute Gasteiger partial charge is 0.480 e. The van der Waals surface area contributed by atoms with Gasteiger partial charge in [-0.2, -0.15) is 0 Å². The van der Waals surface area contributed by atoms with Crippen LogP contribution in [0.1, 0.15) is 47.0 Å². The molecule has 19 heavy (non-hydrogen) atoms. The summed E-state index contributed by atoms with van der Waals surface area (Å²) in [6.45, 7) is 12.1. The molecule has 4 heteroatoms. The summed E-state index contributed by atoms with van der Waals surface area (Å²) in [5.74, 6) is 0.147. The van der Waals surface area contributed by atoms with Gasteiger partial charge in [0, 0.05) is 19.6 Å². The highest BCUT2D eigenvalue weighted by Gasteiger charge is 2.44. The number of hydrogen-bond acceptors (Lipinski definition) is 3. The standard InChI is InChI=1S/C15H30N2O2/c1-12(2)10-15(14(18)19,11-13(3)4)17-8-5-6-16-7-9-17/h12-13,16H,5-11H2,1-4H3,(H,18,19). The van der Waals surface area contributed by atoms with Crippen LogP contribution < -0.4 is 5.32 Å². The molecule has 0 unspecified atom stereocenters. The number of carboxylic acids is 1. The Morgan fingerprint density at radius 1 is 1.16 bits per heavy atom. The maximum absolute atomic E-state index is 12.0. The first kappa shape index (κ1) is 16.4. The smallest absolute Gasteiger partial charge is 0.324 e. The number of carbonyl (C=O) groups is 1. The molecular weight excluding hydrogens is 240 g/mol. The van der Waals surface area contributed by atoms with E-state index in [1.54, 1.807) is 0 Å². The summed E-state index contributed by atoms with van der Waals surface area (Å²) in [5.41, 5.74) is -0.686. The first-order valence-corrected chi connectivity index (χ1v) is 7.57. The average Bonchev–Trinajstić information content (AvgIpc) is 2.54. The van der Waals surface area contributed by atoms with Crippen LogP contribution in [0.25, 0.3) is 0 Å². The van der Waals surface area contributed by atoms with Crippen LogP contribution in [0.2, 0.25) is 0 Å². The Bertz CT molecular complexity index is 272. The Labute approximate surface area is 117 Å². The average molecular weight is 270 g/mol. The second kappa shape index (κ2) is 7.25. The van der Waals surface area contributed by atoms with Crippen molar-refractivity contribution in [2.24, 2.45) is 11.8 Å². The van der Waals surface area contributed by atoms with E-state index in [-0.39, 0.29) is 0 Å². The van der Waals surface area contributed by atoms with Crippen LogP contribution in [-0.2, 0) is 4.79 Å². The molecule has 0 aromatic carbocycles. The topological polar surface area (TPSA) is 52.6 Å². The Morgan fingerprint density at radius 3 is 2.21 bits per heavy atom. The lowest BCUT2D eigenvalue weighted by molar-refractivity contribution is -0.154. The molecule has 0 radical (unpaired) electrons. The second-order valence-electron chi connectivity index (χ2n) is 6.62. The number of aliphatic carboxylic acids is 1. The summed E-state index contributed by atoms with van der Waals surface area (Å²) in [7, 11) is 0. The summed E-state index contributed by atoms with van der Waals surface area (Å²) in [5, 5.41) is 13.3. The number of nitrogens with one attached hydrogen (secondary N) is 1. The van der Waals surface area contributed by atoms with Crippen molar-refractivity contribution in [1.29, 1.82) is 0 Å². The summed E-state index contributed by atoms with van der Waals surface area (Å²) in [6, 6.07) is 0. The third kappa shape index (κ3) is 4.46. The van der Waals surface area contributed by atoms with Crippen molar-refractivity contribution in [3.8, 4) is 0 Å². The summed E-state index contributed by atoms with van der Waals surface area (Å²) in [4.78, 5) is 14.3. The van der Waals surface area contributed by atoms with E-state index in [0.29, 0.717) is 11.8 Å². The fourth-order valence-electron chi connectivity index (χ4n) is 3.28. The Balaban J connectivity index is 3.00. The van der Waals surface area contributed by atoms with E-state index in [2.05, 4.69) is 37.9 Å². The maximum Gasteiger partial charge on any atom is 0.324 e. The Kier molecular flexibility index (Phi) is 6.27. The van der Waals surface area contributed by atoms with Gasteiger partial charge in [0.1, 0.15) is 5.54 Å². The lowest BCUT2D eigenvalue weighted by Crippen LogP contribution is -2.57. The highest BCUT2D eigenvalue weighted by atomic mass is 16.4. The van der Waals surface area contributed by atoms with E-state index in [1.165, 1.54) is 0 Å². The summed E-state index contributed by atoms with van der Waals surface area (Å²) < 4.78 is 0. The zero-order chi connectivity index (χ0) is 14.5. The first-order chi connectivity index (χ1) is 8.88. The monoisotopic (exact) mass is 270 g/mol. The van der Waals surface area contributed by atoms with Gasteiger partial charge in [-0.15, -0.1) is 0 Å². The maximum atomic E-state index is 12.0. The SMILES string of the molecule is CC(C)CC(CC(C)C)(C(=O)O)N1CCCNCC1. The number of carboxylic acid groups (broad SMARTS) is 1. The highest BCUT2D eigenvalue weighted by Crippen LogP contribution is 2.32. The van der Waals surface area contributed by atoms with Crippen LogP contribution >= 0.6 is 0 Å². The van der Waals surface area contributed by atoms with Crippen molar-refractivity contribution in [1.82, 2.24) is 10.2 Å². The Hall–Kier alpha value is -0.610. The third-order valence-corrected chi connectivity index (χ3v) is 3.84. The fourth-order valence-corrected chi connectivity index (χ4v) is 3.28.